The van der Waals surface area contributed by atoms with Crippen LogP contribution < -0.4 is 0 Å². The molecule has 2 rings (SSSR count). The van der Waals surface area contributed by atoms with Crippen LogP contribution in [0.3, 0.4) is 0 Å². The third-order valence-corrected chi connectivity index (χ3v) is 3.11. The molecule has 0 saturated carbocycles. The molecule has 0 spiro atoms. The molecule has 0 aliphatic carbocycles. The Morgan fingerprint density at radius 2 is 2.05 bits per heavy atom. The van der Waals surface area contributed by atoms with Crippen molar-refractivity contribution < 1.29 is 9.90 Å². The van der Waals surface area contributed by atoms with Crippen molar-refractivity contribution in [1.29, 1.82) is 0 Å². The third kappa shape index (κ3) is 2.81. The van der Waals surface area contributed by atoms with Gasteiger partial charge in [0.2, 0.25) is 0 Å². The summed E-state index contributed by atoms with van der Waals surface area (Å²) in [5.74, 6) is -0.835. The van der Waals surface area contributed by atoms with Crippen molar-refractivity contribution in [2.45, 2.75) is 27.2 Å². The summed E-state index contributed by atoms with van der Waals surface area (Å²) >= 11 is 0. The average molecular weight is 259 g/mol. The molecule has 0 fully saturated rings. The fraction of sp³-hybridized carbons (Fsp3) is 0.357. The number of rotatable bonds is 4. The van der Waals surface area contributed by atoms with Gasteiger partial charge < -0.3 is 5.11 Å². The maximum Gasteiger partial charge on any atom is 0.309 e. The van der Waals surface area contributed by atoms with Crippen LogP contribution in [0.2, 0.25) is 0 Å². The number of aryl methyl sites for hydroxylation is 1. The molecular formula is C14H17N3O2. The van der Waals surface area contributed by atoms with Gasteiger partial charge in [-0.25, -0.2) is 4.68 Å². The van der Waals surface area contributed by atoms with E-state index in [0.29, 0.717) is 12.1 Å². The summed E-state index contributed by atoms with van der Waals surface area (Å²) in [7, 11) is 0. The first-order valence-electron chi connectivity index (χ1n) is 6.11. The summed E-state index contributed by atoms with van der Waals surface area (Å²) in [5.41, 5.74) is 1.88. The van der Waals surface area contributed by atoms with Gasteiger partial charge in [0, 0.05) is 6.42 Å². The Labute approximate surface area is 111 Å². The van der Waals surface area contributed by atoms with Crippen LogP contribution in [-0.4, -0.2) is 26.1 Å². The van der Waals surface area contributed by atoms with Crippen LogP contribution in [-0.2, 0) is 11.2 Å². The molecule has 0 aliphatic heterocycles. The van der Waals surface area contributed by atoms with Crippen LogP contribution in [0.4, 0.5) is 0 Å². The van der Waals surface area contributed by atoms with Crippen LogP contribution in [0.1, 0.15) is 25.1 Å². The van der Waals surface area contributed by atoms with Crippen LogP contribution in [0.5, 0.6) is 0 Å². The molecule has 0 atom stereocenters. The summed E-state index contributed by atoms with van der Waals surface area (Å²) in [6.45, 7) is 5.36. The van der Waals surface area contributed by atoms with Crippen molar-refractivity contribution >= 4 is 5.97 Å². The molecule has 0 amide bonds. The Morgan fingerprint density at radius 3 is 2.68 bits per heavy atom. The van der Waals surface area contributed by atoms with E-state index in [1.165, 1.54) is 0 Å². The second-order valence-electron chi connectivity index (χ2n) is 5.31. The molecule has 5 nitrogen and oxygen atoms in total. The van der Waals surface area contributed by atoms with Crippen LogP contribution in [0.15, 0.2) is 30.5 Å². The van der Waals surface area contributed by atoms with E-state index < -0.39 is 11.4 Å². The molecule has 1 aromatic carbocycles. The van der Waals surface area contributed by atoms with Crippen LogP contribution in [0.25, 0.3) is 5.69 Å². The minimum absolute atomic E-state index is 0.355. The van der Waals surface area contributed by atoms with Crippen molar-refractivity contribution in [3.8, 4) is 5.69 Å². The molecule has 0 aliphatic rings. The van der Waals surface area contributed by atoms with Gasteiger partial charge in [-0.1, -0.05) is 23.4 Å². The molecule has 1 heterocycles. The fourth-order valence-corrected chi connectivity index (χ4v) is 1.85. The average Bonchev–Trinajstić information content (AvgIpc) is 2.77. The molecular weight excluding hydrogens is 242 g/mol. The lowest BCUT2D eigenvalue weighted by Crippen LogP contribution is -2.26. The van der Waals surface area contributed by atoms with Gasteiger partial charge in [0.1, 0.15) is 0 Å². The number of aliphatic carboxylic acids is 1. The van der Waals surface area contributed by atoms with Gasteiger partial charge in [0.05, 0.1) is 23.0 Å². The van der Waals surface area contributed by atoms with Gasteiger partial charge in [-0.15, -0.1) is 5.10 Å². The summed E-state index contributed by atoms with van der Waals surface area (Å²) in [5, 5.41) is 17.2. The van der Waals surface area contributed by atoms with Crippen LogP contribution >= 0.6 is 0 Å². The fourth-order valence-electron chi connectivity index (χ4n) is 1.85. The maximum atomic E-state index is 11.1. The molecule has 100 valence electrons. The molecule has 0 bridgehead atoms. The number of carboxylic acid groups (broad SMARTS) is 1. The summed E-state index contributed by atoms with van der Waals surface area (Å²) < 4.78 is 1.68. The van der Waals surface area contributed by atoms with Gasteiger partial charge in [0.15, 0.2) is 0 Å². The Balaban J connectivity index is 2.26. The predicted molar refractivity (Wildman–Crippen MR) is 71.2 cm³/mol. The maximum absolute atomic E-state index is 11.1. The summed E-state index contributed by atoms with van der Waals surface area (Å²) in [4.78, 5) is 11.1. The lowest BCUT2D eigenvalue weighted by molar-refractivity contribution is -0.146. The van der Waals surface area contributed by atoms with Gasteiger partial charge in [-0.05, 0) is 32.4 Å². The second kappa shape index (κ2) is 4.84. The standard InChI is InChI=1S/C14H17N3O2/c1-10-6-4-5-7-12(10)17-9-11(15-16-17)8-14(2,3)13(18)19/h4-7,9H,8H2,1-3H3,(H,18,19). The van der Waals surface area contributed by atoms with E-state index >= 15 is 0 Å². The molecule has 19 heavy (non-hydrogen) atoms. The highest BCUT2D eigenvalue weighted by Gasteiger charge is 2.28. The molecule has 0 radical (unpaired) electrons. The van der Waals surface area contributed by atoms with Crippen molar-refractivity contribution in [2.24, 2.45) is 5.41 Å². The van der Waals surface area contributed by atoms with E-state index in [4.69, 9.17) is 5.11 Å². The van der Waals surface area contributed by atoms with Crippen molar-refractivity contribution in [3.05, 3.63) is 41.7 Å². The largest absolute Gasteiger partial charge is 0.481 e. The minimum atomic E-state index is -0.841. The Morgan fingerprint density at radius 1 is 1.37 bits per heavy atom. The summed E-state index contributed by atoms with van der Waals surface area (Å²) in [6.07, 6.45) is 2.14. The summed E-state index contributed by atoms with van der Waals surface area (Å²) in [6, 6.07) is 7.85. The highest BCUT2D eigenvalue weighted by Crippen LogP contribution is 2.21. The third-order valence-electron chi connectivity index (χ3n) is 3.11. The van der Waals surface area contributed by atoms with E-state index in [2.05, 4.69) is 10.3 Å². The number of benzene rings is 1. The second-order valence-corrected chi connectivity index (χ2v) is 5.31. The number of aromatic nitrogens is 3. The highest BCUT2D eigenvalue weighted by molar-refractivity contribution is 5.73. The smallest absolute Gasteiger partial charge is 0.309 e. The quantitative estimate of drug-likeness (QED) is 0.914. The van der Waals surface area contributed by atoms with E-state index in [1.807, 2.05) is 31.2 Å². The lowest BCUT2D eigenvalue weighted by Gasteiger charge is -2.16. The first-order chi connectivity index (χ1) is 8.90. The van der Waals surface area contributed by atoms with Gasteiger partial charge in [0.25, 0.3) is 0 Å². The monoisotopic (exact) mass is 259 g/mol. The first-order valence-corrected chi connectivity index (χ1v) is 6.11. The Hall–Kier alpha value is -2.17. The van der Waals surface area contributed by atoms with Crippen molar-refractivity contribution in [2.75, 3.05) is 0 Å². The first kappa shape index (κ1) is 13.3. The zero-order valence-corrected chi connectivity index (χ0v) is 11.3. The SMILES string of the molecule is Cc1ccccc1-n1cc(CC(C)(C)C(=O)O)nn1. The van der Waals surface area contributed by atoms with Crippen molar-refractivity contribution in [3.63, 3.8) is 0 Å². The minimum Gasteiger partial charge on any atom is -0.481 e. The number of hydrogen-bond acceptors (Lipinski definition) is 3. The van der Waals surface area contributed by atoms with E-state index in [-0.39, 0.29) is 0 Å². The number of hydrogen-bond donors (Lipinski definition) is 1. The molecule has 5 heteroatoms. The number of carboxylic acids is 1. The Bertz CT molecular complexity index is 602. The Kier molecular flexibility index (Phi) is 3.38. The zero-order valence-electron chi connectivity index (χ0n) is 11.3. The number of carbonyl (C=O) groups is 1. The molecule has 1 aromatic heterocycles. The van der Waals surface area contributed by atoms with Gasteiger partial charge in [-0.3, -0.25) is 4.79 Å². The molecule has 0 unspecified atom stereocenters. The molecule has 0 saturated heterocycles. The topological polar surface area (TPSA) is 68.0 Å². The molecule has 1 N–H and O–H groups in total. The van der Waals surface area contributed by atoms with E-state index in [1.54, 1.807) is 24.7 Å². The highest BCUT2D eigenvalue weighted by atomic mass is 16.4. The van der Waals surface area contributed by atoms with Crippen LogP contribution in [0, 0.1) is 12.3 Å². The van der Waals surface area contributed by atoms with Gasteiger partial charge in [-0.2, -0.15) is 0 Å². The lowest BCUT2D eigenvalue weighted by atomic mass is 9.88. The zero-order chi connectivity index (χ0) is 14.0. The number of nitrogens with zero attached hydrogens (tertiary/aromatic N) is 3. The van der Waals surface area contributed by atoms with E-state index in [0.717, 1.165) is 11.3 Å². The van der Waals surface area contributed by atoms with Crippen molar-refractivity contribution in [1.82, 2.24) is 15.0 Å². The normalized spacial score (nSPS) is 11.5. The predicted octanol–water partition coefficient (Wildman–Crippen LogP) is 2.23. The molecule has 2 aromatic rings. The van der Waals surface area contributed by atoms with E-state index in [9.17, 15) is 4.79 Å². The van der Waals surface area contributed by atoms with Gasteiger partial charge >= 0.3 is 5.97 Å². The number of para-hydroxylation sites is 1.